The summed E-state index contributed by atoms with van der Waals surface area (Å²) in [6, 6.07) is 8.96. The summed E-state index contributed by atoms with van der Waals surface area (Å²) in [5.41, 5.74) is 9.15. The van der Waals surface area contributed by atoms with Crippen LogP contribution in [0, 0.1) is 0 Å². The van der Waals surface area contributed by atoms with E-state index in [1.807, 2.05) is 0 Å². The molecule has 3 aromatic heterocycles. The first-order valence-electron chi connectivity index (χ1n) is 11.6. The first-order valence-corrected chi connectivity index (χ1v) is 11.6. The molecule has 5 rings (SSSR count). The average molecular weight is 525 g/mol. The molecule has 0 bridgehead atoms. The number of nitrogens with two attached hydrogens (primary N) is 1. The van der Waals surface area contributed by atoms with Crippen molar-refractivity contribution >= 4 is 22.6 Å². The van der Waals surface area contributed by atoms with Crippen molar-refractivity contribution in [1.29, 1.82) is 0 Å². The molecule has 1 aliphatic heterocycles. The van der Waals surface area contributed by atoms with E-state index >= 15 is 0 Å². The third kappa shape index (κ3) is 5.32. The number of ether oxygens (including phenoxy) is 2. The minimum atomic E-state index is -4.50. The van der Waals surface area contributed by atoms with Gasteiger partial charge in [-0.1, -0.05) is 0 Å². The molecule has 0 saturated carbocycles. The first kappa shape index (κ1) is 25.3. The minimum absolute atomic E-state index is 0.00987. The van der Waals surface area contributed by atoms with E-state index in [-0.39, 0.29) is 18.3 Å². The van der Waals surface area contributed by atoms with Crippen molar-refractivity contribution in [2.24, 2.45) is 0 Å². The van der Waals surface area contributed by atoms with Crippen molar-refractivity contribution < 1.29 is 27.4 Å². The highest BCUT2D eigenvalue weighted by atomic mass is 19.4. The van der Waals surface area contributed by atoms with Gasteiger partial charge >= 0.3 is 6.18 Å². The number of amides is 1. The number of fused-ring (bicyclic) bond motifs is 3. The van der Waals surface area contributed by atoms with Gasteiger partial charge in [0.2, 0.25) is 5.88 Å². The maximum Gasteiger partial charge on any atom is 0.422 e. The number of nitrogen functional groups attached to an aromatic ring is 1. The molecule has 0 saturated heterocycles. The third-order valence-corrected chi connectivity index (χ3v) is 6.07. The highest BCUT2D eigenvalue weighted by Gasteiger charge is 2.29. The number of benzene rings is 1. The number of carbonyl (C=O) groups excluding carboxylic acids is 1. The predicted molar refractivity (Wildman–Crippen MR) is 129 cm³/mol. The Morgan fingerprint density at radius 2 is 1.89 bits per heavy atom. The van der Waals surface area contributed by atoms with Crippen molar-refractivity contribution in [3.8, 4) is 5.88 Å². The Hall–Kier alpha value is -4.39. The van der Waals surface area contributed by atoms with Crippen LogP contribution in [0.4, 0.5) is 19.0 Å². The van der Waals surface area contributed by atoms with Gasteiger partial charge in [0, 0.05) is 35.0 Å². The molecule has 196 valence electrons. The van der Waals surface area contributed by atoms with Gasteiger partial charge in [-0.15, -0.1) is 5.10 Å². The van der Waals surface area contributed by atoms with Crippen molar-refractivity contribution in [1.82, 2.24) is 30.0 Å². The van der Waals surface area contributed by atoms with Crippen molar-refractivity contribution in [2.45, 2.75) is 38.9 Å². The summed E-state index contributed by atoms with van der Waals surface area (Å²) in [7, 11) is 0. The Balaban J connectivity index is 1.46. The van der Waals surface area contributed by atoms with Gasteiger partial charge in [0.05, 0.1) is 37.0 Å². The molecular formula is C25H22F3N7O3. The molecular weight excluding hydrogens is 503 g/mol. The van der Waals surface area contributed by atoms with Crippen LogP contribution in [0.3, 0.4) is 0 Å². The maximum absolute atomic E-state index is 13.9. The Morgan fingerprint density at radius 1 is 1.13 bits per heavy atom. The van der Waals surface area contributed by atoms with Gasteiger partial charge in [-0.25, -0.2) is 15.0 Å². The Morgan fingerprint density at radius 3 is 2.61 bits per heavy atom. The van der Waals surface area contributed by atoms with E-state index in [9.17, 15) is 18.0 Å². The molecule has 1 atom stereocenters. The van der Waals surface area contributed by atoms with E-state index in [1.54, 1.807) is 43.6 Å². The summed E-state index contributed by atoms with van der Waals surface area (Å²) in [6.07, 6.45) is -1.35. The van der Waals surface area contributed by atoms with Crippen LogP contribution in [0.25, 0.3) is 10.9 Å². The molecule has 0 aliphatic carbocycles. The number of hydrogen-bond acceptors (Lipinski definition) is 9. The first-order chi connectivity index (χ1) is 18.2. The van der Waals surface area contributed by atoms with Gasteiger partial charge in [-0.2, -0.15) is 18.3 Å². The van der Waals surface area contributed by atoms with E-state index in [2.05, 4.69) is 29.9 Å². The number of alkyl halides is 3. The fourth-order valence-corrected chi connectivity index (χ4v) is 4.16. The molecule has 1 amide bonds. The van der Waals surface area contributed by atoms with Crippen molar-refractivity contribution in [2.75, 3.05) is 12.3 Å². The average Bonchev–Trinajstić information content (AvgIpc) is 3.42. The maximum atomic E-state index is 13.9. The van der Waals surface area contributed by atoms with Crippen molar-refractivity contribution in [3.63, 3.8) is 0 Å². The summed E-state index contributed by atoms with van der Waals surface area (Å²) in [5, 5.41) is 8.44. The Kier molecular flexibility index (Phi) is 6.76. The third-order valence-electron chi connectivity index (χ3n) is 6.07. The van der Waals surface area contributed by atoms with Crippen molar-refractivity contribution in [3.05, 3.63) is 77.0 Å². The van der Waals surface area contributed by atoms with Crippen LogP contribution in [0.5, 0.6) is 5.88 Å². The van der Waals surface area contributed by atoms with Gasteiger partial charge < -0.3 is 20.1 Å². The molecule has 10 nitrogen and oxygen atoms in total. The molecule has 38 heavy (non-hydrogen) atoms. The van der Waals surface area contributed by atoms with Crippen LogP contribution >= 0.6 is 0 Å². The van der Waals surface area contributed by atoms with Crippen LogP contribution in [-0.2, 0) is 24.5 Å². The summed E-state index contributed by atoms with van der Waals surface area (Å²) < 4.78 is 47.5. The molecule has 1 aliphatic rings. The summed E-state index contributed by atoms with van der Waals surface area (Å²) in [6.45, 7) is 1.01. The zero-order valence-electron chi connectivity index (χ0n) is 20.1. The minimum Gasteiger partial charge on any atom is -0.467 e. The standard InChI is InChI=1S/C25H22F3N7O3/c1-14(23-30-7-2-8-31-23)35(10-16-4-6-21(34-33-16)38-13-25(26,27)28)24(36)15-3-5-20-17(9-15)18-11-37-12-19(18)22(29)32-20/h2-9,14H,10-13H2,1H3,(H2,29,32)/t14-/m1/s1. The fraction of sp³-hybridized carbons (Fsp3) is 0.280. The van der Waals surface area contributed by atoms with E-state index in [0.717, 1.165) is 16.5 Å². The fourth-order valence-electron chi connectivity index (χ4n) is 4.16. The highest BCUT2D eigenvalue weighted by molar-refractivity contribution is 5.99. The molecule has 1 aromatic carbocycles. The van der Waals surface area contributed by atoms with Gasteiger partial charge in [0.1, 0.15) is 11.6 Å². The summed E-state index contributed by atoms with van der Waals surface area (Å²) in [4.78, 5) is 28.4. The van der Waals surface area contributed by atoms with E-state index < -0.39 is 18.8 Å². The largest absolute Gasteiger partial charge is 0.467 e. The van der Waals surface area contributed by atoms with Gasteiger partial charge in [-0.05, 0) is 42.8 Å². The molecule has 0 spiro atoms. The number of halogens is 3. The number of nitrogens with zero attached hydrogens (tertiary/aromatic N) is 6. The van der Waals surface area contributed by atoms with Crippen LogP contribution < -0.4 is 10.5 Å². The molecule has 2 N–H and O–H groups in total. The lowest BCUT2D eigenvalue weighted by Crippen LogP contribution is -2.34. The second-order valence-electron chi connectivity index (χ2n) is 8.66. The van der Waals surface area contributed by atoms with Gasteiger partial charge in [0.15, 0.2) is 6.61 Å². The van der Waals surface area contributed by atoms with E-state index in [1.165, 1.54) is 17.0 Å². The van der Waals surface area contributed by atoms with Gasteiger partial charge in [0.25, 0.3) is 5.91 Å². The normalized spacial score (nSPS) is 13.8. The molecule has 4 heterocycles. The summed E-state index contributed by atoms with van der Waals surface area (Å²) >= 11 is 0. The number of carbonyl (C=O) groups is 1. The number of aromatic nitrogens is 5. The molecule has 4 aromatic rings. The lowest BCUT2D eigenvalue weighted by Gasteiger charge is -2.28. The lowest BCUT2D eigenvalue weighted by atomic mass is 10.0. The lowest BCUT2D eigenvalue weighted by molar-refractivity contribution is -0.154. The van der Waals surface area contributed by atoms with Crippen LogP contribution in [0.1, 0.15) is 46.0 Å². The smallest absolute Gasteiger partial charge is 0.422 e. The number of anilines is 1. The quantitative estimate of drug-likeness (QED) is 0.383. The zero-order chi connectivity index (χ0) is 26.9. The highest BCUT2D eigenvalue weighted by Crippen LogP contribution is 2.32. The van der Waals surface area contributed by atoms with E-state index in [0.29, 0.717) is 41.6 Å². The Labute approximate surface area is 214 Å². The zero-order valence-corrected chi connectivity index (χ0v) is 20.1. The predicted octanol–water partition coefficient (Wildman–Crippen LogP) is 3.77. The molecule has 0 unspecified atom stereocenters. The van der Waals surface area contributed by atoms with Crippen LogP contribution in [-0.4, -0.2) is 48.7 Å². The number of pyridine rings is 1. The van der Waals surface area contributed by atoms with Gasteiger partial charge in [-0.3, -0.25) is 4.79 Å². The molecule has 0 radical (unpaired) electrons. The van der Waals surface area contributed by atoms with Crippen LogP contribution in [0.2, 0.25) is 0 Å². The second-order valence-corrected chi connectivity index (χ2v) is 8.66. The van der Waals surface area contributed by atoms with Crippen LogP contribution in [0.15, 0.2) is 48.8 Å². The Bertz CT molecular complexity index is 1470. The number of hydrogen-bond donors (Lipinski definition) is 1. The molecule has 0 fully saturated rings. The topological polar surface area (TPSA) is 129 Å². The van der Waals surface area contributed by atoms with E-state index in [4.69, 9.17) is 10.5 Å². The SMILES string of the molecule is C[C@H](c1ncccn1)N(Cc1ccc(OCC(F)(F)F)nn1)C(=O)c1ccc2nc(N)c3c(c2c1)COC3. The summed E-state index contributed by atoms with van der Waals surface area (Å²) in [5.74, 6) is 0.196. The molecule has 13 heteroatoms. The monoisotopic (exact) mass is 525 g/mol. The number of rotatable bonds is 7. The second kappa shape index (κ2) is 10.2.